The van der Waals surface area contributed by atoms with Crippen LogP contribution in [0.2, 0.25) is 0 Å². The van der Waals surface area contributed by atoms with Crippen LogP contribution in [0.25, 0.3) is 6.08 Å². The maximum atomic E-state index is 12.8. The second kappa shape index (κ2) is 10.2. The summed E-state index contributed by atoms with van der Waals surface area (Å²) in [6.45, 7) is 0.501. The van der Waals surface area contributed by atoms with E-state index in [9.17, 15) is 18.0 Å². The lowest BCUT2D eigenvalue weighted by Gasteiger charge is -2.26. The van der Waals surface area contributed by atoms with Gasteiger partial charge in [-0.1, -0.05) is 12.5 Å². The molecule has 0 spiro atoms. The number of nitrogens with zero attached hydrogens (tertiary/aromatic N) is 1. The highest BCUT2D eigenvalue weighted by Crippen LogP contribution is 2.22. The average molecular weight is 544 g/mol. The molecule has 8 nitrogen and oxygen atoms in total. The average Bonchev–Trinajstić information content (AvgIpc) is 3.17. The van der Waals surface area contributed by atoms with Crippen LogP contribution in [0.4, 0.5) is 5.69 Å². The number of furan rings is 1. The third-order valence-corrected chi connectivity index (χ3v) is 6.87. The number of anilines is 1. The van der Waals surface area contributed by atoms with Crippen molar-refractivity contribution < 1.29 is 27.2 Å². The van der Waals surface area contributed by atoms with E-state index in [1.54, 1.807) is 24.3 Å². The number of piperidine rings is 1. The van der Waals surface area contributed by atoms with Gasteiger partial charge < -0.3 is 14.5 Å². The zero-order valence-corrected chi connectivity index (χ0v) is 19.0. The molecule has 1 aromatic carbocycles. The van der Waals surface area contributed by atoms with Crippen molar-refractivity contribution in [3.63, 3.8) is 0 Å². The summed E-state index contributed by atoms with van der Waals surface area (Å²) in [5, 5.41) is 2.55. The predicted molar refractivity (Wildman–Crippen MR) is 119 cm³/mol. The zero-order valence-electron chi connectivity index (χ0n) is 16.0. The van der Waals surface area contributed by atoms with E-state index >= 15 is 0 Å². The van der Waals surface area contributed by atoms with Crippen molar-refractivity contribution in [1.82, 2.24) is 4.31 Å². The highest BCUT2D eigenvalue weighted by Gasteiger charge is 2.26. The molecule has 10 heteroatoms. The third kappa shape index (κ3) is 6.16. The minimum atomic E-state index is -3.60. The summed E-state index contributed by atoms with van der Waals surface area (Å²) in [6.07, 6.45) is 5.31. The van der Waals surface area contributed by atoms with E-state index in [0.717, 1.165) is 25.3 Å². The van der Waals surface area contributed by atoms with E-state index in [-0.39, 0.29) is 4.90 Å². The number of hydrogen-bond donors (Lipinski definition) is 1. The number of sulfonamides is 1. The van der Waals surface area contributed by atoms with Gasteiger partial charge in [0.25, 0.3) is 5.91 Å². The maximum absolute atomic E-state index is 12.8. The number of carbonyl (C=O) groups is 2. The minimum absolute atomic E-state index is 0.121. The number of esters is 1. The number of rotatable bonds is 7. The third-order valence-electron chi connectivity index (χ3n) is 4.39. The van der Waals surface area contributed by atoms with Gasteiger partial charge in [-0.15, -0.1) is 0 Å². The summed E-state index contributed by atoms with van der Waals surface area (Å²) in [5.74, 6) is -0.776. The Hall–Kier alpha value is -2.18. The van der Waals surface area contributed by atoms with Gasteiger partial charge in [0.1, 0.15) is 5.76 Å². The smallest absolute Gasteiger partial charge is 0.331 e. The Labute approximate surface area is 188 Å². The van der Waals surface area contributed by atoms with Crippen molar-refractivity contribution in [2.24, 2.45) is 0 Å². The van der Waals surface area contributed by atoms with Crippen molar-refractivity contribution in [3.8, 4) is 0 Å². The molecule has 0 radical (unpaired) electrons. The van der Waals surface area contributed by atoms with Crippen LogP contribution in [0.15, 0.2) is 51.8 Å². The fraction of sp³-hybridized carbons (Fsp3) is 0.300. The van der Waals surface area contributed by atoms with Gasteiger partial charge in [0.05, 0.1) is 4.90 Å². The topological polar surface area (TPSA) is 106 Å². The molecule has 1 amide bonds. The van der Waals surface area contributed by atoms with Gasteiger partial charge in [-0.3, -0.25) is 4.79 Å². The number of ether oxygens (including phenoxy) is 1. The number of amides is 1. The van der Waals surface area contributed by atoms with Crippen molar-refractivity contribution in [3.05, 3.63) is 52.0 Å². The molecule has 0 aliphatic carbocycles. The highest BCUT2D eigenvalue weighted by molar-refractivity contribution is 14.1. The normalized spacial score (nSPS) is 15.2. The van der Waals surface area contributed by atoms with Gasteiger partial charge >= 0.3 is 5.97 Å². The fourth-order valence-electron chi connectivity index (χ4n) is 2.94. The van der Waals surface area contributed by atoms with Crippen LogP contribution < -0.4 is 5.32 Å². The van der Waals surface area contributed by atoms with E-state index in [1.807, 2.05) is 22.6 Å². The van der Waals surface area contributed by atoms with Gasteiger partial charge in [-0.2, -0.15) is 4.31 Å². The number of nitrogens with one attached hydrogen (secondary N) is 1. The highest BCUT2D eigenvalue weighted by atomic mass is 127. The molecule has 160 valence electrons. The summed E-state index contributed by atoms with van der Waals surface area (Å²) in [5.41, 5.74) is 0.315. The Morgan fingerprint density at radius 2 is 1.93 bits per heavy atom. The fourth-order valence-corrected chi connectivity index (χ4v) is 4.94. The van der Waals surface area contributed by atoms with E-state index < -0.39 is 28.5 Å². The zero-order chi connectivity index (χ0) is 21.6. The summed E-state index contributed by atoms with van der Waals surface area (Å²) in [4.78, 5) is 23.9. The van der Waals surface area contributed by atoms with Crippen LogP contribution in [-0.4, -0.2) is 44.3 Å². The molecule has 0 unspecified atom stereocenters. The number of carbonyl (C=O) groups excluding carboxylic acids is 2. The first-order valence-corrected chi connectivity index (χ1v) is 11.9. The second-order valence-electron chi connectivity index (χ2n) is 6.62. The summed E-state index contributed by atoms with van der Waals surface area (Å²) in [6, 6.07) is 9.49. The van der Waals surface area contributed by atoms with Crippen LogP contribution in [0, 0.1) is 3.77 Å². The van der Waals surface area contributed by atoms with Crippen molar-refractivity contribution in [2.75, 3.05) is 25.0 Å². The standard InChI is InChI=1S/C20H21IN2O6S/c21-18-9-7-16(29-18)8-10-20(25)28-14-19(24)22-15-5-4-6-17(13-15)30(26,27)23-11-2-1-3-12-23/h4-10,13H,1-3,11-12,14H2,(H,22,24). The first kappa shape index (κ1) is 22.5. The minimum Gasteiger partial charge on any atom is -0.452 e. The number of benzene rings is 1. The SMILES string of the molecule is O=C(COC(=O)C=Cc1ccc(I)o1)Nc1cccc(S(=O)(=O)N2CCCCC2)c1. The Kier molecular flexibility index (Phi) is 7.67. The molecular weight excluding hydrogens is 523 g/mol. The predicted octanol–water partition coefficient (Wildman–Crippen LogP) is 3.25. The van der Waals surface area contributed by atoms with Crippen LogP contribution in [0.1, 0.15) is 25.0 Å². The van der Waals surface area contributed by atoms with Gasteiger partial charge in [0, 0.05) is 24.9 Å². The van der Waals surface area contributed by atoms with Crippen LogP contribution in [0.3, 0.4) is 0 Å². The molecule has 30 heavy (non-hydrogen) atoms. The first-order chi connectivity index (χ1) is 14.3. The van der Waals surface area contributed by atoms with Gasteiger partial charge in [-0.05, 0) is 71.8 Å². The van der Waals surface area contributed by atoms with Gasteiger partial charge in [0.15, 0.2) is 10.4 Å². The van der Waals surface area contributed by atoms with Gasteiger partial charge in [0.2, 0.25) is 10.0 Å². The first-order valence-electron chi connectivity index (χ1n) is 9.35. The molecule has 1 saturated heterocycles. The van der Waals surface area contributed by atoms with Crippen molar-refractivity contribution in [2.45, 2.75) is 24.2 Å². The number of hydrogen-bond acceptors (Lipinski definition) is 6. The molecule has 1 aliphatic heterocycles. The molecule has 1 N–H and O–H groups in total. The van der Waals surface area contributed by atoms with Crippen LogP contribution >= 0.6 is 22.6 Å². The molecule has 2 aromatic rings. The summed E-state index contributed by atoms with van der Waals surface area (Å²) in [7, 11) is -3.60. The molecule has 0 atom stereocenters. The van der Waals surface area contributed by atoms with Crippen LogP contribution in [-0.2, 0) is 24.3 Å². The molecular formula is C20H21IN2O6S. The Balaban J connectivity index is 1.54. The Morgan fingerprint density at radius 1 is 1.17 bits per heavy atom. The summed E-state index contributed by atoms with van der Waals surface area (Å²) < 4.78 is 37.8. The largest absolute Gasteiger partial charge is 0.452 e. The molecule has 3 rings (SSSR count). The second-order valence-corrected chi connectivity index (χ2v) is 9.62. The van der Waals surface area contributed by atoms with Gasteiger partial charge in [-0.25, -0.2) is 13.2 Å². The monoisotopic (exact) mass is 544 g/mol. The maximum Gasteiger partial charge on any atom is 0.331 e. The van der Waals surface area contributed by atoms with Crippen molar-refractivity contribution >= 4 is 56.3 Å². The van der Waals surface area contributed by atoms with Crippen LogP contribution in [0.5, 0.6) is 0 Å². The number of halogens is 1. The van der Waals surface area contributed by atoms with Crippen molar-refractivity contribution in [1.29, 1.82) is 0 Å². The summed E-state index contributed by atoms with van der Waals surface area (Å²) >= 11 is 2.00. The lowest BCUT2D eigenvalue weighted by molar-refractivity contribution is -0.142. The molecule has 0 bridgehead atoms. The van der Waals surface area contributed by atoms with E-state index in [1.165, 1.54) is 22.5 Å². The lowest BCUT2D eigenvalue weighted by Crippen LogP contribution is -2.35. The van der Waals surface area contributed by atoms with E-state index in [0.29, 0.717) is 28.3 Å². The Bertz CT molecular complexity index is 1040. The molecule has 0 saturated carbocycles. The Morgan fingerprint density at radius 3 is 2.63 bits per heavy atom. The van der Waals surface area contributed by atoms with E-state index in [2.05, 4.69) is 5.32 Å². The van der Waals surface area contributed by atoms with E-state index in [4.69, 9.17) is 9.15 Å². The molecule has 1 fully saturated rings. The molecule has 1 aliphatic rings. The quantitative estimate of drug-likeness (QED) is 0.326. The molecule has 1 aromatic heterocycles. The lowest BCUT2D eigenvalue weighted by atomic mass is 10.2. The molecule has 2 heterocycles.